The lowest BCUT2D eigenvalue weighted by Gasteiger charge is -2.23. The summed E-state index contributed by atoms with van der Waals surface area (Å²) in [5.41, 5.74) is 1.27. The van der Waals surface area contributed by atoms with Crippen molar-refractivity contribution < 1.29 is 9.18 Å². The van der Waals surface area contributed by atoms with E-state index in [2.05, 4.69) is 5.32 Å². The van der Waals surface area contributed by atoms with E-state index in [-0.39, 0.29) is 5.02 Å². The Balaban J connectivity index is 2.58. The smallest absolute Gasteiger partial charge is 0.147 e. The molecule has 0 bridgehead atoms. The van der Waals surface area contributed by atoms with E-state index in [9.17, 15) is 9.18 Å². The Hall–Kier alpha value is -0.930. The standard InChI is InChI=1S/C10H9ClFNO/c11-7-2-1-6-3-4-13-8(5-14)9(6)10(7)12/h1-2,5,8,13H,3-4H2. The van der Waals surface area contributed by atoms with E-state index in [1.54, 1.807) is 6.07 Å². The number of fused-ring (bicyclic) bond motifs is 1. The van der Waals surface area contributed by atoms with E-state index >= 15 is 0 Å². The summed E-state index contributed by atoms with van der Waals surface area (Å²) in [6.45, 7) is 0.692. The average Bonchev–Trinajstić information content (AvgIpc) is 2.23. The van der Waals surface area contributed by atoms with E-state index in [0.29, 0.717) is 18.4 Å². The molecule has 0 fully saturated rings. The Labute approximate surface area is 86.1 Å². The third kappa shape index (κ3) is 1.42. The first-order valence-corrected chi connectivity index (χ1v) is 4.77. The van der Waals surface area contributed by atoms with Crippen LogP contribution in [0.4, 0.5) is 4.39 Å². The highest BCUT2D eigenvalue weighted by molar-refractivity contribution is 6.30. The molecule has 74 valence electrons. The fourth-order valence-corrected chi connectivity index (χ4v) is 1.91. The van der Waals surface area contributed by atoms with Crippen molar-refractivity contribution in [3.05, 3.63) is 34.1 Å². The van der Waals surface area contributed by atoms with Crippen LogP contribution in [-0.2, 0) is 11.2 Å². The number of carbonyl (C=O) groups is 1. The summed E-state index contributed by atoms with van der Waals surface area (Å²) in [6.07, 6.45) is 1.44. The lowest BCUT2D eigenvalue weighted by atomic mass is 9.94. The van der Waals surface area contributed by atoms with Gasteiger partial charge in [-0.2, -0.15) is 0 Å². The van der Waals surface area contributed by atoms with Gasteiger partial charge in [0.1, 0.15) is 12.1 Å². The highest BCUT2D eigenvalue weighted by atomic mass is 35.5. The van der Waals surface area contributed by atoms with Crippen molar-refractivity contribution in [2.24, 2.45) is 0 Å². The van der Waals surface area contributed by atoms with Crippen LogP contribution in [0.1, 0.15) is 17.2 Å². The van der Waals surface area contributed by atoms with Gasteiger partial charge in [-0.15, -0.1) is 0 Å². The van der Waals surface area contributed by atoms with Crippen LogP contribution in [0.25, 0.3) is 0 Å². The molecule has 0 radical (unpaired) electrons. The van der Waals surface area contributed by atoms with Crippen molar-refractivity contribution >= 4 is 17.9 Å². The minimum Gasteiger partial charge on any atom is -0.304 e. The number of nitrogens with one attached hydrogen (secondary N) is 1. The molecule has 1 N–H and O–H groups in total. The average molecular weight is 214 g/mol. The van der Waals surface area contributed by atoms with Gasteiger partial charge in [0, 0.05) is 12.1 Å². The van der Waals surface area contributed by atoms with Gasteiger partial charge in [-0.05, 0) is 18.1 Å². The predicted molar refractivity (Wildman–Crippen MR) is 51.9 cm³/mol. The van der Waals surface area contributed by atoms with E-state index in [0.717, 1.165) is 12.0 Å². The molecule has 0 saturated heterocycles. The van der Waals surface area contributed by atoms with E-state index in [1.807, 2.05) is 0 Å². The Bertz CT molecular complexity index is 381. The van der Waals surface area contributed by atoms with Crippen LogP contribution in [0.5, 0.6) is 0 Å². The molecule has 1 atom stereocenters. The van der Waals surface area contributed by atoms with Crippen LogP contribution in [0.15, 0.2) is 12.1 Å². The van der Waals surface area contributed by atoms with Gasteiger partial charge in [0.2, 0.25) is 0 Å². The maximum absolute atomic E-state index is 13.6. The fourth-order valence-electron chi connectivity index (χ4n) is 1.74. The highest BCUT2D eigenvalue weighted by Crippen LogP contribution is 2.28. The normalized spacial score (nSPS) is 20.3. The number of hydrogen-bond donors (Lipinski definition) is 1. The molecule has 1 aromatic rings. The van der Waals surface area contributed by atoms with Crippen molar-refractivity contribution in [2.45, 2.75) is 12.5 Å². The molecule has 2 rings (SSSR count). The molecule has 0 aliphatic carbocycles. The maximum atomic E-state index is 13.6. The first-order chi connectivity index (χ1) is 6.74. The highest BCUT2D eigenvalue weighted by Gasteiger charge is 2.23. The zero-order valence-electron chi connectivity index (χ0n) is 7.39. The van der Waals surface area contributed by atoms with Crippen LogP contribution in [-0.4, -0.2) is 12.8 Å². The van der Waals surface area contributed by atoms with Crippen LogP contribution < -0.4 is 5.32 Å². The molecule has 1 aliphatic heterocycles. The summed E-state index contributed by atoms with van der Waals surface area (Å²) in [7, 11) is 0. The second-order valence-electron chi connectivity index (χ2n) is 3.25. The van der Waals surface area contributed by atoms with E-state index in [1.165, 1.54) is 6.07 Å². The number of hydrogen-bond acceptors (Lipinski definition) is 2. The van der Waals surface area contributed by atoms with Gasteiger partial charge >= 0.3 is 0 Å². The molecule has 1 aliphatic rings. The first kappa shape index (κ1) is 9.62. The van der Waals surface area contributed by atoms with Gasteiger partial charge in [0.05, 0.1) is 11.1 Å². The summed E-state index contributed by atoms with van der Waals surface area (Å²) in [5.74, 6) is -0.478. The van der Waals surface area contributed by atoms with Crippen LogP contribution >= 0.6 is 11.6 Å². The summed E-state index contributed by atoms with van der Waals surface area (Å²) >= 11 is 5.65. The van der Waals surface area contributed by atoms with Gasteiger partial charge in [0.15, 0.2) is 0 Å². The molecule has 0 saturated carbocycles. The topological polar surface area (TPSA) is 29.1 Å². The molecule has 14 heavy (non-hydrogen) atoms. The Morgan fingerprint density at radius 1 is 1.57 bits per heavy atom. The lowest BCUT2D eigenvalue weighted by molar-refractivity contribution is -0.109. The van der Waals surface area contributed by atoms with Gasteiger partial charge in [-0.1, -0.05) is 17.7 Å². The van der Waals surface area contributed by atoms with Crippen LogP contribution in [0.2, 0.25) is 5.02 Å². The van der Waals surface area contributed by atoms with E-state index in [4.69, 9.17) is 11.6 Å². The van der Waals surface area contributed by atoms with Crippen molar-refractivity contribution in [3.63, 3.8) is 0 Å². The predicted octanol–water partition coefficient (Wildman–Crippen LogP) is 1.86. The zero-order valence-corrected chi connectivity index (χ0v) is 8.14. The molecule has 2 nitrogen and oxygen atoms in total. The number of carbonyl (C=O) groups excluding carboxylic acids is 1. The Morgan fingerprint density at radius 2 is 2.36 bits per heavy atom. The molecular formula is C10H9ClFNO. The number of benzene rings is 1. The minimum atomic E-state index is -0.558. The maximum Gasteiger partial charge on any atom is 0.147 e. The molecule has 0 amide bonds. The summed E-state index contributed by atoms with van der Waals surface area (Å²) in [5, 5.41) is 3.00. The third-order valence-electron chi connectivity index (χ3n) is 2.43. The molecule has 1 unspecified atom stereocenters. The zero-order chi connectivity index (χ0) is 10.1. The fraction of sp³-hybridized carbons (Fsp3) is 0.300. The first-order valence-electron chi connectivity index (χ1n) is 4.39. The molecule has 1 heterocycles. The second-order valence-corrected chi connectivity index (χ2v) is 3.66. The summed E-state index contributed by atoms with van der Waals surface area (Å²) in [6, 6.07) is 2.75. The second kappa shape index (κ2) is 3.67. The van der Waals surface area contributed by atoms with Gasteiger partial charge in [0.25, 0.3) is 0 Å². The van der Waals surface area contributed by atoms with E-state index < -0.39 is 11.9 Å². The number of halogens is 2. The quantitative estimate of drug-likeness (QED) is 0.722. The number of aldehydes is 1. The molecule has 4 heteroatoms. The van der Waals surface area contributed by atoms with Crippen molar-refractivity contribution in [2.75, 3.05) is 6.54 Å². The summed E-state index contributed by atoms with van der Waals surface area (Å²) < 4.78 is 13.6. The monoisotopic (exact) mass is 213 g/mol. The Kier molecular flexibility index (Phi) is 2.52. The third-order valence-corrected chi connectivity index (χ3v) is 2.72. The lowest BCUT2D eigenvalue weighted by Crippen LogP contribution is -2.31. The van der Waals surface area contributed by atoms with Gasteiger partial charge in [-0.25, -0.2) is 4.39 Å². The number of rotatable bonds is 1. The van der Waals surface area contributed by atoms with Crippen molar-refractivity contribution in [1.29, 1.82) is 0 Å². The molecular weight excluding hydrogens is 205 g/mol. The SMILES string of the molecule is O=CC1NCCc2ccc(Cl)c(F)c21. The van der Waals surface area contributed by atoms with Crippen molar-refractivity contribution in [3.8, 4) is 0 Å². The largest absolute Gasteiger partial charge is 0.304 e. The van der Waals surface area contributed by atoms with Crippen LogP contribution in [0.3, 0.4) is 0 Å². The molecule has 0 aromatic heterocycles. The van der Waals surface area contributed by atoms with Crippen molar-refractivity contribution in [1.82, 2.24) is 5.32 Å². The summed E-state index contributed by atoms with van der Waals surface area (Å²) in [4.78, 5) is 10.7. The molecule has 1 aromatic carbocycles. The minimum absolute atomic E-state index is 0.0688. The van der Waals surface area contributed by atoms with Gasteiger partial charge < -0.3 is 10.1 Å². The molecule has 0 spiro atoms. The van der Waals surface area contributed by atoms with Gasteiger partial charge in [-0.3, -0.25) is 0 Å². The Morgan fingerprint density at radius 3 is 3.07 bits per heavy atom. The van der Waals surface area contributed by atoms with Crippen LogP contribution in [0, 0.1) is 5.82 Å².